The molecule has 1 fully saturated rings. The Balaban J connectivity index is 1.33. The van der Waals surface area contributed by atoms with Gasteiger partial charge in [-0.15, -0.1) is 0 Å². The van der Waals surface area contributed by atoms with Crippen molar-refractivity contribution in [3.8, 4) is 0 Å². The molecule has 1 atom stereocenters. The van der Waals surface area contributed by atoms with Gasteiger partial charge in [-0.2, -0.15) is 5.10 Å². The molecule has 2 aliphatic heterocycles. The number of nitrogens with zero attached hydrogens (tertiary/aromatic N) is 4. The average molecular weight is 428 g/mol. The van der Waals surface area contributed by atoms with Gasteiger partial charge in [0.15, 0.2) is 0 Å². The van der Waals surface area contributed by atoms with Gasteiger partial charge in [0.1, 0.15) is 18.0 Å². The van der Waals surface area contributed by atoms with E-state index in [1.54, 1.807) is 12.3 Å². The zero-order valence-corrected chi connectivity index (χ0v) is 17.9. The lowest BCUT2D eigenvalue weighted by atomic mass is 9.83. The lowest BCUT2D eigenvalue weighted by Crippen LogP contribution is -2.39. The molecule has 1 saturated carbocycles. The zero-order valence-electron chi connectivity index (χ0n) is 17.2. The second kappa shape index (κ2) is 8.06. The third kappa shape index (κ3) is 3.41. The van der Waals surface area contributed by atoms with Gasteiger partial charge in [0, 0.05) is 29.0 Å². The van der Waals surface area contributed by atoms with E-state index < -0.39 is 0 Å². The van der Waals surface area contributed by atoms with E-state index in [-0.39, 0.29) is 17.8 Å². The summed E-state index contributed by atoms with van der Waals surface area (Å²) in [5.41, 5.74) is 3.14. The van der Waals surface area contributed by atoms with Crippen LogP contribution >= 0.6 is 11.6 Å². The predicted molar refractivity (Wildman–Crippen MR) is 117 cm³/mol. The first-order chi connectivity index (χ1) is 14.7. The van der Waals surface area contributed by atoms with E-state index in [1.807, 2.05) is 6.34 Å². The van der Waals surface area contributed by atoms with Crippen molar-refractivity contribution < 1.29 is 4.39 Å². The molecule has 158 valence electrons. The molecule has 0 amide bonds. The van der Waals surface area contributed by atoms with Gasteiger partial charge in [-0.25, -0.2) is 9.40 Å². The van der Waals surface area contributed by atoms with Crippen LogP contribution in [0.1, 0.15) is 63.5 Å². The molecule has 2 aliphatic carbocycles. The van der Waals surface area contributed by atoms with E-state index in [0.717, 1.165) is 61.5 Å². The predicted octanol–water partition coefficient (Wildman–Crippen LogP) is 5.16. The van der Waals surface area contributed by atoms with Crippen molar-refractivity contribution in [1.82, 2.24) is 20.2 Å². The molecular formula is C23H27ClFN5. The lowest BCUT2D eigenvalue weighted by Gasteiger charge is -2.36. The van der Waals surface area contributed by atoms with Crippen LogP contribution in [-0.4, -0.2) is 33.3 Å². The SMILES string of the molecule is CCC1C2=C(C=C(Cl)CC2)NC=C2N1C=NN2[C@H]1CC[C@H](c2ncccc2F)CC1. The Kier molecular flexibility index (Phi) is 5.27. The highest BCUT2D eigenvalue weighted by Gasteiger charge is 2.38. The van der Waals surface area contributed by atoms with Crippen molar-refractivity contribution in [2.24, 2.45) is 5.10 Å². The highest BCUT2D eigenvalue weighted by molar-refractivity contribution is 6.29. The van der Waals surface area contributed by atoms with Crippen molar-refractivity contribution in [2.45, 2.75) is 69.9 Å². The number of allylic oxidation sites excluding steroid dienone is 2. The van der Waals surface area contributed by atoms with E-state index in [0.29, 0.717) is 11.7 Å². The fraction of sp³-hybridized carbons (Fsp3) is 0.478. The second-order valence-corrected chi connectivity index (χ2v) is 8.95. The number of aromatic nitrogens is 1. The summed E-state index contributed by atoms with van der Waals surface area (Å²) < 4.78 is 14.2. The van der Waals surface area contributed by atoms with Crippen LogP contribution in [0, 0.1) is 5.82 Å². The first-order valence-electron chi connectivity index (χ1n) is 10.9. The summed E-state index contributed by atoms with van der Waals surface area (Å²) >= 11 is 6.31. The summed E-state index contributed by atoms with van der Waals surface area (Å²) in [5, 5.41) is 11.3. The van der Waals surface area contributed by atoms with Crippen LogP contribution in [-0.2, 0) is 0 Å². The normalized spacial score (nSPS) is 28.4. The highest BCUT2D eigenvalue weighted by atomic mass is 35.5. The molecule has 1 unspecified atom stereocenters. The smallest absolute Gasteiger partial charge is 0.147 e. The van der Waals surface area contributed by atoms with Gasteiger partial charge >= 0.3 is 0 Å². The fourth-order valence-corrected chi connectivity index (χ4v) is 5.45. The topological polar surface area (TPSA) is 43.8 Å². The monoisotopic (exact) mass is 427 g/mol. The standard InChI is InChI=1S/C23H27ClFN5/c1-2-21-18-10-7-16(24)12-20(18)27-13-22-29(21)14-28-30(22)17-8-5-15(6-9-17)23-19(25)4-3-11-26-23/h3-4,11-15,17,21,27H,2,5-10H2,1H3/t15-,17-,21?. The minimum atomic E-state index is -0.184. The van der Waals surface area contributed by atoms with Crippen LogP contribution in [0.4, 0.5) is 4.39 Å². The fourth-order valence-electron chi connectivity index (χ4n) is 5.25. The molecule has 3 heterocycles. The Morgan fingerprint density at radius 3 is 2.83 bits per heavy atom. The van der Waals surface area contributed by atoms with Gasteiger partial charge in [-0.1, -0.05) is 18.5 Å². The van der Waals surface area contributed by atoms with E-state index in [9.17, 15) is 4.39 Å². The first-order valence-corrected chi connectivity index (χ1v) is 11.3. The molecular weight excluding hydrogens is 401 g/mol. The number of rotatable bonds is 3. The molecule has 1 aromatic heterocycles. The van der Waals surface area contributed by atoms with Gasteiger partial charge in [0.25, 0.3) is 0 Å². The van der Waals surface area contributed by atoms with Crippen LogP contribution in [0.15, 0.2) is 57.8 Å². The number of nitrogens with one attached hydrogen (secondary N) is 1. The minimum Gasteiger partial charge on any atom is -0.358 e. The van der Waals surface area contributed by atoms with Gasteiger partial charge < -0.3 is 10.2 Å². The number of hydrazone groups is 1. The number of pyridine rings is 1. The molecule has 1 aromatic rings. The third-order valence-electron chi connectivity index (χ3n) is 6.78. The minimum absolute atomic E-state index is 0.184. The Labute approximate surface area is 182 Å². The van der Waals surface area contributed by atoms with E-state index in [4.69, 9.17) is 16.7 Å². The van der Waals surface area contributed by atoms with Gasteiger partial charge in [-0.05, 0) is 68.7 Å². The Morgan fingerprint density at radius 1 is 1.23 bits per heavy atom. The quantitative estimate of drug-likeness (QED) is 0.723. The summed E-state index contributed by atoms with van der Waals surface area (Å²) in [6.45, 7) is 2.22. The van der Waals surface area contributed by atoms with Gasteiger partial charge in [0.05, 0.1) is 17.8 Å². The van der Waals surface area contributed by atoms with Gasteiger partial charge in [-0.3, -0.25) is 4.98 Å². The summed E-state index contributed by atoms with van der Waals surface area (Å²) in [7, 11) is 0. The molecule has 0 radical (unpaired) electrons. The van der Waals surface area contributed by atoms with Gasteiger partial charge in [0.2, 0.25) is 0 Å². The zero-order chi connectivity index (χ0) is 20.7. The van der Waals surface area contributed by atoms with Crippen LogP contribution in [0.25, 0.3) is 0 Å². The van der Waals surface area contributed by atoms with Crippen molar-refractivity contribution in [3.05, 3.63) is 64.2 Å². The molecule has 0 aromatic carbocycles. The molecule has 4 aliphatic rings. The first kappa shape index (κ1) is 19.6. The van der Waals surface area contributed by atoms with E-state index in [2.05, 4.69) is 39.4 Å². The largest absolute Gasteiger partial charge is 0.358 e. The molecule has 30 heavy (non-hydrogen) atoms. The molecule has 5 nitrogen and oxygen atoms in total. The molecule has 0 bridgehead atoms. The highest BCUT2D eigenvalue weighted by Crippen LogP contribution is 2.40. The number of fused-ring (bicyclic) bond motifs is 1. The van der Waals surface area contributed by atoms with Crippen LogP contribution < -0.4 is 5.32 Å². The number of hydrogen-bond donors (Lipinski definition) is 1. The molecule has 0 spiro atoms. The number of halogens is 2. The maximum Gasteiger partial charge on any atom is 0.147 e. The Morgan fingerprint density at radius 2 is 2.07 bits per heavy atom. The molecule has 1 N–H and O–H groups in total. The van der Waals surface area contributed by atoms with Crippen molar-refractivity contribution in [2.75, 3.05) is 0 Å². The summed E-state index contributed by atoms with van der Waals surface area (Å²) in [4.78, 5) is 6.60. The Hall–Kier alpha value is -2.34. The van der Waals surface area contributed by atoms with Crippen molar-refractivity contribution in [1.29, 1.82) is 0 Å². The van der Waals surface area contributed by atoms with E-state index in [1.165, 1.54) is 11.6 Å². The van der Waals surface area contributed by atoms with Crippen LogP contribution in [0.5, 0.6) is 0 Å². The van der Waals surface area contributed by atoms with Crippen LogP contribution in [0.2, 0.25) is 0 Å². The van der Waals surface area contributed by atoms with E-state index >= 15 is 0 Å². The molecule has 7 heteroatoms. The second-order valence-electron chi connectivity index (χ2n) is 8.46. The number of hydrogen-bond acceptors (Lipinski definition) is 5. The third-order valence-corrected chi connectivity index (χ3v) is 7.08. The summed E-state index contributed by atoms with van der Waals surface area (Å²) in [5.74, 6) is 1.10. The lowest BCUT2D eigenvalue weighted by molar-refractivity contribution is 0.174. The molecule has 5 rings (SSSR count). The van der Waals surface area contributed by atoms with Crippen molar-refractivity contribution >= 4 is 17.9 Å². The summed E-state index contributed by atoms with van der Waals surface area (Å²) in [6, 6.07) is 3.77. The Bertz CT molecular complexity index is 945. The average Bonchev–Trinajstić information content (AvgIpc) is 3.11. The van der Waals surface area contributed by atoms with Crippen LogP contribution in [0.3, 0.4) is 0 Å². The summed E-state index contributed by atoms with van der Waals surface area (Å²) in [6.07, 6.45) is 14.5. The van der Waals surface area contributed by atoms with Crippen molar-refractivity contribution in [3.63, 3.8) is 0 Å². The maximum absolute atomic E-state index is 14.2. The molecule has 0 saturated heterocycles. The maximum atomic E-state index is 14.2.